The molecule has 290 valence electrons. The molecule has 3 heterocycles. The minimum absolute atomic E-state index is 0.203. The normalized spacial score (nSPS) is 49.7. The zero-order valence-corrected chi connectivity index (χ0v) is 33.2. The molecule has 10 rings (SSSR count). The van der Waals surface area contributed by atoms with Crippen molar-refractivity contribution in [2.45, 2.75) is 241 Å². The van der Waals surface area contributed by atoms with Gasteiger partial charge in [0.15, 0.2) is 0 Å². The minimum atomic E-state index is 0.203. The van der Waals surface area contributed by atoms with Crippen LogP contribution in [0.5, 0.6) is 0 Å². The van der Waals surface area contributed by atoms with Crippen molar-refractivity contribution < 1.29 is 0 Å². The van der Waals surface area contributed by atoms with Gasteiger partial charge in [-0.2, -0.15) is 5.26 Å². The van der Waals surface area contributed by atoms with Crippen molar-refractivity contribution in [1.82, 2.24) is 20.4 Å². The van der Waals surface area contributed by atoms with Gasteiger partial charge in [-0.05, 0) is 138 Å². The highest BCUT2D eigenvalue weighted by Gasteiger charge is 2.59. The van der Waals surface area contributed by atoms with Gasteiger partial charge in [0, 0.05) is 48.3 Å². The summed E-state index contributed by atoms with van der Waals surface area (Å²) in [5, 5.41) is 20.2. The fourth-order valence-electron chi connectivity index (χ4n) is 16.8. The third kappa shape index (κ3) is 6.48. The van der Waals surface area contributed by atoms with Gasteiger partial charge >= 0.3 is 0 Å². The third-order valence-electron chi connectivity index (χ3n) is 18.8. The number of nitrogens with one attached hydrogen (secondary N) is 2. The molecule has 5 nitrogen and oxygen atoms in total. The summed E-state index contributed by atoms with van der Waals surface area (Å²) in [5.41, 5.74) is 0. The van der Waals surface area contributed by atoms with Crippen LogP contribution in [0.2, 0.25) is 0 Å². The Hall–Kier alpha value is -0.670. The Morgan fingerprint density at radius 3 is 1.29 bits per heavy atom. The molecule has 0 aromatic heterocycles. The Morgan fingerprint density at radius 2 is 0.788 bits per heavy atom. The molecule has 0 aromatic carbocycles. The summed E-state index contributed by atoms with van der Waals surface area (Å²) in [6.07, 6.45) is 41.9. The molecule has 0 amide bonds. The molecule has 10 fully saturated rings. The summed E-state index contributed by atoms with van der Waals surface area (Å²) < 4.78 is 0. The lowest BCUT2D eigenvalue weighted by atomic mass is 9.67. The predicted octanol–water partition coefficient (Wildman–Crippen LogP) is 9.95. The third-order valence-corrected chi connectivity index (χ3v) is 18.8. The monoisotopic (exact) mass is 712 g/mol. The molecule has 7 saturated carbocycles. The van der Waals surface area contributed by atoms with E-state index in [2.05, 4.69) is 26.5 Å². The molecule has 3 saturated heterocycles. The Bertz CT molecular complexity index is 1160. The lowest BCUT2D eigenvalue weighted by Gasteiger charge is -2.56. The number of hydrogen-bond donors (Lipinski definition) is 2. The molecular weight excluding hydrogens is 635 g/mol. The van der Waals surface area contributed by atoms with E-state index in [4.69, 9.17) is 0 Å². The summed E-state index contributed by atoms with van der Waals surface area (Å²) in [4.78, 5) is 6.53. The zero-order valence-electron chi connectivity index (χ0n) is 33.2. The SMILES string of the molecule is N#CC1CC(C2CC(C3CCCCC3)NC(C3CCCCC3)N2)C(N2C3CCCCC3C3CCCCC32)CC1N1C2CCCCC2C2CCCCC21. The second kappa shape index (κ2) is 15.7. The van der Waals surface area contributed by atoms with Gasteiger partial charge in [0.1, 0.15) is 0 Å². The van der Waals surface area contributed by atoms with Gasteiger partial charge in [0.2, 0.25) is 0 Å². The number of hydrogen-bond acceptors (Lipinski definition) is 5. The van der Waals surface area contributed by atoms with E-state index in [9.17, 15) is 5.26 Å². The van der Waals surface area contributed by atoms with Crippen LogP contribution in [0.3, 0.4) is 0 Å². The fraction of sp³-hybridized carbons (Fsp3) is 0.979. The maximum atomic E-state index is 11.3. The molecule has 0 spiro atoms. The molecule has 5 heteroatoms. The van der Waals surface area contributed by atoms with E-state index >= 15 is 0 Å². The van der Waals surface area contributed by atoms with Crippen molar-refractivity contribution in [3.63, 3.8) is 0 Å². The first-order chi connectivity index (χ1) is 25.8. The summed E-state index contributed by atoms with van der Waals surface area (Å²) in [6.45, 7) is 0. The molecule has 10 aliphatic rings. The van der Waals surface area contributed by atoms with Gasteiger partial charge in [0.25, 0.3) is 0 Å². The van der Waals surface area contributed by atoms with Gasteiger partial charge in [-0.1, -0.05) is 89.9 Å². The zero-order chi connectivity index (χ0) is 34.6. The van der Waals surface area contributed by atoms with Crippen molar-refractivity contribution in [3.05, 3.63) is 0 Å². The van der Waals surface area contributed by atoms with E-state index in [1.54, 1.807) is 0 Å². The predicted molar refractivity (Wildman–Crippen MR) is 211 cm³/mol. The molecular formula is C47H77N5. The van der Waals surface area contributed by atoms with E-state index < -0.39 is 0 Å². The molecule has 0 radical (unpaired) electrons. The quantitative estimate of drug-likeness (QED) is 0.298. The Balaban J connectivity index is 1.02. The van der Waals surface area contributed by atoms with Crippen LogP contribution in [0.1, 0.15) is 186 Å². The average Bonchev–Trinajstić information content (AvgIpc) is 3.74. The highest BCUT2D eigenvalue weighted by Crippen LogP contribution is 2.56. The smallest absolute Gasteiger partial charge is 0.0672 e. The number of rotatable bonds is 5. The standard InChI is InChI=1S/C47H77N5/c48-30-33-27-38(40-28-39(31-15-3-1-4-16-31)49-47(50-40)32-17-5-2-6-18-32)46(52-43-25-13-9-21-36(43)37-22-10-14-26-44(37)52)29-45(33)51-41-23-11-7-19-34(41)35-20-8-12-24-42(35)51/h31-47,49-50H,1-29H2. The van der Waals surface area contributed by atoms with Crippen molar-refractivity contribution in [2.75, 3.05) is 0 Å². The molecule has 2 N–H and O–H groups in total. The molecule has 7 aliphatic carbocycles. The molecule has 0 aromatic rings. The highest BCUT2D eigenvalue weighted by atomic mass is 15.3. The summed E-state index contributed by atoms with van der Waals surface area (Å²) in [6, 6.07) is 8.73. The van der Waals surface area contributed by atoms with Crippen LogP contribution in [0.15, 0.2) is 0 Å². The van der Waals surface area contributed by atoms with E-state index in [0.29, 0.717) is 36.3 Å². The fourth-order valence-corrected chi connectivity index (χ4v) is 16.8. The summed E-state index contributed by atoms with van der Waals surface area (Å²) in [5.74, 6) is 6.22. The number of nitrogens with zero attached hydrogens (tertiary/aromatic N) is 3. The van der Waals surface area contributed by atoms with E-state index in [1.165, 1.54) is 180 Å². The van der Waals surface area contributed by atoms with Gasteiger partial charge < -0.3 is 0 Å². The Labute approximate surface area is 318 Å². The molecule has 0 bridgehead atoms. The first kappa shape index (κ1) is 35.7. The topological polar surface area (TPSA) is 54.3 Å². The second-order valence-electron chi connectivity index (χ2n) is 21.0. The van der Waals surface area contributed by atoms with Crippen LogP contribution >= 0.6 is 0 Å². The van der Waals surface area contributed by atoms with Crippen molar-refractivity contribution in [2.24, 2.45) is 47.3 Å². The lowest BCUT2D eigenvalue weighted by Crippen LogP contribution is -2.68. The average molecular weight is 712 g/mol. The molecule has 15 atom stereocenters. The van der Waals surface area contributed by atoms with Gasteiger partial charge in [-0.15, -0.1) is 0 Å². The molecule has 15 unspecified atom stereocenters. The summed E-state index contributed by atoms with van der Waals surface area (Å²) in [7, 11) is 0. The number of nitriles is 1. The van der Waals surface area contributed by atoms with Crippen LogP contribution in [0.25, 0.3) is 0 Å². The van der Waals surface area contributed by atoms with E-state index in [1.807, 2.05) is 0 Å². The van der Waals surface area contributed by atoms with Crippen LogP contribution in [-0.2, 0) is 0 Å². The Morgan fingerprint density at radius 1 is 0.365 bits per heavy atom. The van der Waals surface area contributed by atoms with E-state index in [-0.39, 0.29) is 5.92 Å². The number of fused-ring (bicyclic) bond motifs is 6. The molecule has 52 heavy (non-hydrogen) atoms. The van der Waals surface area contributed by atoms with Crippen molar-refractivity contribution >= 4 is 0 Å². The van der Waals surface area contributed by atoms with Gasteiger partial charge in [-0.3, -0.25) is 20.4 Å². The Kier molecular flexibility index (Phi) is 10.8. The maximum absolute atomic E-state index is 11.3. The van der Waals surface area contributed by atoms with Crippen molar-refractivity contribution in [3.8, 4) is 6.07 Å². The highest BCUT2D eigenvalue weighted by molar-refractivity contribution is 5.15. The maximum Gasteiger partial charge on any atom is 0.0672 e. The van der Waals surface area contributed by atoms with Crippen LogP contribution in [-0.4, -0.2) is 64.3 Å². The number of likely N-dealkylation sites (tertiary alicyclic amines) is 2. The van der Waals surface area contributed by atoms with Crippen LogP contribution in [0, 0.1) is 58.7 Å². The van der Waals surface area contributed by atoms with Gasteiger partial charge in [0.05, 0.1) is 18.2 Å². The van der Waals surface area contributed by atoms with Crippen LogP contribution in [0.4, 0.5) is 0 Å². The molecule has 3 aliphatic heterocycles. The first-order valence-corrected chi connectivity index (χ1v) is 24.2. The first-order valence-electron chi connectivity index (χ1n) is 24.2. The minimum Gasteiger partial charge on any atom is -0.299 e. The van der Waals surface area contributed by atoms with E-state index in [0.717, 1.165) is 66.1 Å². The lowest BCUT2D eigenvalue weighted by molar-refractivity contribution is -0.0490. The second-order valence-corrected chi connectivity index (χ2v) is 21.0. The summed E-state index contributed by atoms with van der Waals surface area (Å²) >= 11 is 0. The van der Waals surface area contributed by atoms with Crippen LogP contribution < -0.4 is 10.6 Å². The van der Waals surface area contributed by atoms with Crippen molar-refractivity contribution in [1.29, 1.82) is 5.26 Å². The van der Waals surface area contributed by atoms with Gasteiger partial charge in [-0.25, -0.2) is 0 Å². The largest absolute Gasteiger partial charge is 0.299 e.